The molecule has 13 N–H and O–H groups in total. The van der Waals surface area contributed by atoms with E-state index in [2.05, 4.69) is 31.9 Å². The van der Waals surface area contributed by atoms with Crippen LogP contribution in [0.2, 0.25) is 0 Å². The second kappa shape index (κ2) is 31.9. The number of nitrogens with one attached hydrogen (secondary N) is 6. The Labute approximate surface area is 420 Å². The van der Waals surface area contributed by atoms with Gasteiger partial charge in [0.15, 0.2) is 0 Å². The highest BCUT2D eigenvalue weighted by Gasteiger charge is 2.34. The molecular formula is C49H78N8O15. The van der Waals surface area contributed by atoms with E-state index in [1.54, 1.807) is 24.3 Å². The van der Waals surface area contributed by atoms with Gasteiger partial charge in [0.05, 0.1) is 32.8 Å². The van der Waals surface area contributed by atoms with Gasteiger partial charge in [-0.3, -0.25) is 43.2 Å². The number of carbonyl (C=O) groups excluding carboxylic acids is 7. The number of unbranched alkanes of at least 4 members (excludes halogenated alkanes) is 1. The number of nitrogens with two attached hydrogens (primary N) is 2. The highest BCUT2D eigenvalue weighted by atomic mass is 16.5. The van der Waals surface area contributed by atoms with Gasteiger partial charge in [0.25, 0.3) is 5.91 Å². The summed E-state index contributed by atoms with van der Waals surface area (Å²) in [6, 6.07) is 2.92. The largest absolute Gasteiger partial charge is 0.481 e. The summed E-state index contributed by atoms with van der Waals surface area (Å²) in [6.45, 7) is 8.59. The lowest BCUT2D eigenvalue weighted by Gasteiger charge is -2.34. The molecule has 0 aliphatic heterocycles. The third kappa shape index (κ3) is 26.7. The summed E-state index contributed by atoms with van der Waals surface area (Å²) in [7, 11) is 0. The van der Waals surface area contributed by atoms with Crippen LogP contribution in [0.5, 0.6) is 0 Å². The van der Waals surface area contributed by atoms with E-state index in [-0.39, 0.29) is 95.7 Å². The molecule has 0 heterocycles. The summed E-state index contributed by atoms with van der Waals surface area (Å²) in [5.41, 5.74) is 11.2. The molecule has 1 saturated carbocycles. The van der Waals surface area contributed by atoms with Crippen LogP contribution in [0.15, 0.2) is 24.3 Å². The standard InChI is InChI=1S/C49H78N8O15/c1-48(2,30-49(3,4)28-42(63)64)27-40(60)54-29-31-8-10-33(11-9-31)45(67)57-37(47(69)70)16-18-38(58)56-36(17-19-41(61)62)46(68)53-22-24-72-26-25-71-23-20-39(59)55-35(43(51)65)7-5-6-21-52-44(66)32-12-14-34(50)15-13-32/h12-15,31,33,35-37H,5-11,16-30,50H2,1-4H3,(H2,51,65)(H,52,66)(H,53,68)(H,54,60)(H,55,59)(H,56,58)(H,57,67)(H,61,62)(H,63,64)(H,69,70)/t31?,33?,35?,36-,37-/m0/s1. The molecular weight excluding hydrogens is 941 g/mol. The van der Waals surface area contributed by atoms with Crippen molar-refractivity contribution < 1.29 is 72.7 Å². The van der Waals surface area contributed by atoms with Crippen LogP contribution in [0.3, 0.4) is 0 Å². The lowest BCUT2D eigenvalue weighted by molar-refractivity contribution is -0.143. The molecule has 23 heteroatoms. The molecule has 0 saturated heterocycles. The maximum Gasteiger partial charge on any atom is 0.326 e. The van der Waals surface area contributed by atoms with E-state index < -0.39 is 88.7 Å². The maximum atomic E-state index is 13.1. The highest BCUT2D eigenvalue weighted by molar-refractivity contribution is 5.94. The number of primary amides is 1. The molecule has 0 aromatic heterocycles. The van der Waals surface area contributed by atoms with Crippen LogP contribution in [0.25, 0.3) is 0 Å². The van der Waals surface area contributed by atoms with Gasteiger partial charge >= 0.3 is 17.9 Å². The molecule has 1 fully saturated rings. The summed E-state index contributed by atoms with van der Waals surface area (Å²) >= 11 is 0. The summed E-state index contributed by atoms with van der Waals surface area (Å²) in [6.07, 6.45) is 2.86. The number of anilines is 1. The summed E-state index contributed by atoms with van der Waals surface area (Å²) in [5, 5.41) is 44.1. The van der Waals surface area contributed by atoms with Gasteiger partial charge in [-0.1, -0.05) is 27.7 Å². The Hall–Kier alpha value is -6.36. The van der Waals surface area contributed by atoms with Crippen LogP contribution >= 0.6 is 0 Å². The first-order valence-corrected chi connectivity index (χ1v) is 24.5. The molecule has 23 nitrogen and oxygen atoms in total. The van der Waals surface area contributed by atoms with Crippen molar-refractivity contribution in [1.82, 2.24) is 31.9 Å². The maximum absolute atomic E-state index is 13.1. The van der Waals surface area contributed by atoms with Crippen LogP contribution in [0.4, 0.5) is 5.69 Å². The van der Waals surface area contributed by atoms with Crippen molar-refractivity contribution in [3.63, 3.8) is 0 Å². The van der Waals surface area contributed by atoms with E-state index in [0.29, 0.717) is 69.3 Å². The monoisotopic (exact) mass is 1020 g/mol. The van der Waals surface area contributed by atoms with E-state index >= 15 is 0 Å². The number of ether oxygens (including phenoxy) is 2. The van der Waals surface area contributed by atoms with E-state index in [0.717, 1.165) is 0 Å². The number of aliphatic carboxylic acids is 3. The topological polar surface area (TPSA) is 374 Å². The molecule has 3 atom stereocenters. The Morgan fingerprint density at radius 2 is 1.22 bits per heavy atom. The normalized spacial score (nSPS) is 15.9. The Balaban J connectivity index is 1.66. The van der Waals surface area contributed by atoms with Gasteiger partial charge in [-0.2, -0.15) is 0 Å². The number of carboxylic acid groups (broad SMARTS) is 3. The number of hydrogen-bond acceptors (Lipinski definition) is 13. The minimum Gasteiger partial charge on any atom is -0.481 e. The molecule has 0 radical (unpaired) electrons. The molecule has 404 valence electrons. The molecule has 0 spiro atoms. The summed E-state index contributed by atoms with van der Waals surface area (Å²) in [5.74, 6) is -7.22. The number of carboxylic acids is 3. The predicted molar refractivity (Wildman–Crippen MR) is 263 cm³/mol. The van der Waals surface area contributed by atoms with E-state index in [4.69, 9.17) is 20.9 Å². The fourth-order valence-corrected chi connectivity index (χ4v) is 8.66. The smallest absolute Gasteiger partial charge is 0.326 e. The Morgan fingerprint density at radius 1 is 0.625 bits per heavy atom. The van der Waals surface area contributed by atoms with Crippen LogP contribution in [-0.2, 0) is 52.6 Å². The van der Waals surface area contributed by atoms with Crippen molar-refractivity contribution in [3.8, 4) is 0 Å². The lowest BCUT2D eigenvalue weighted by atomic mass is 9.71. The molecule has 7 amide bonds. The molecule has 1 aromatic carbocycles. The van der Waals surface area contributed by atoms with Gasteiger partial charge in [-0.25, -0.2) is 4.79 Å². The average Bonchev–Trinajstić information content (AvgIpc) is 3.28. The molecule has 1 aromatic rings. The van der Waals surface area contributed by atoms with E-state index in [1.807, 2.05) is 27.7 Å². The molecule has 0 bridgehead atoms. The van der Waals surface area contributed by atoms with Gasteiger partial charge < -0.3 is 68.2 Å². The van der Waals surface area contributed by atoms with Gasteiger partial charge in [0.1, 0.15) is 18.1 Å². The van der Waals surface area contributed by atoms with E-state index in [9.17, 15) is 63.3 Å². The zero-order chi connectivity index (χ0) is 53.9. The molecule has 1 aliphatic rings. The first-order chi connectivity index (χ1) is 33.9. The van der Waals surface area contributed by atoms with E-state index in [1.165, 1.54) is 0 Å². The average molecular weight is 1020 g/mol. The van der Waals surface area contributed by atoms with Crippen molar-refractivity contribution in [2.45, 2.75) is 142 Å². The zero-order valence-electron chi connectivity index (χ0n) is 42.1. The molecule has 72 heavy (non-hydrogen) atoms. The minimum absolute atomic E-state index is 0.00376. The first kappa shape index (κ1) is 61.8. The third-order valence-corrected chi connectivity index (χ3v) is 12.1. The second-order valence-electron chi connectivity index (χ2n) is 19.9. The lowest BCUT2D eigenvalue weighted by Crippen LogP contribution is -2.48. The van der Waals surface area contributed by atoms with Gasteiger partial charge in [0.2, 0.25) is 35.4 Å². The fourth-order valence-electron chi connectivity index (χ4n) is 8.66. The Morgan fingerprint density at radius 3 is 1.83 bits per heavy atom. The van der Waals surface area contributed by atoms with Crippen molar-refractivity contribution in [2.24, 2.45) is 28.4 Å². The Kier molecular flexibility index (Phi) is 27.3. The number of hydrogen-bond donors (Lipinski definition) is 11. The number of amides is 7. The SMILES string of the molecule is CC(C)(CC(=O)O)CC(C)(C)CC(=O)NCC1CCC(C(=O)N[C@@H](CCC(=O)N[C@@H](CCC(=O)O)C(=O)NCCOCCOCCC(=O)NC(CCCCNC(=O)c2ccc(N)cc2)C(N)=O)C(=O)O)CC1. The number of nitrogen functional groups attached to an aromatic ring is 1. The Bertz CT molecular complexity index is 1970. The highest BCUT2D eigenvalue weighted by Crippen LogP contribution is 2.38. The van der Waals surface area contributed by atoms with Gasteiger partial charge in [-0.05, 0) is 105 Å². The summed E-state index contributed by atoms with van der Waals surface area (Å²) in [4.78, 5) is 123. The molecule has 2 rings (SSSR count). The first-order valence-electron chi connectivity index (χ1n) is 24.5. The number of carbonyl (C=O) groups is 10. The van der Waals surface area contributed by atoms with Crippen molar-refractivity contribution in [3.05, 3.63) is 29.8 Å². The van der Waals surface area contributed by atoms with Crippen molar-refractivity contribution in [1.29, 1.82) is 0 Å². The third-order valence-electron chi connectivity index (χ3n) is 12.1. The minimum atomic E-state index is -1.40. The van der Waals surface area contributed by atoms with Crippen LogP contribution in [0.1, 0.15) is 134 Å². The van der Waals surface area contributed by atoms with Gasteiger partial charge in [-0.15, -0.1) is 0 Å². The summed E-state index contributed by atoms with van der Waals surface area (Å²) < 4.78 is 10.9. The number of rotatable bonds is 36. The fraction of sp³-hybridized carbons (Fsp3) is 0.673. The number of benzene rings is 1. The van der Waals surface area contributed by atoms with Crippen LogP contribution in [-0.4, -0.2) is 139 Å². The molecule has 1 unspecified atom stereocenters. The quantitative estimate of drug-likeness (QED) is 0.0336. The zero-order valence-corrected chi connectivity index (χ0v) is 42.1. The van der Waals surface area contributed by atoms with Crippen LogP contribution in [0, 0.1) is 22.7 Å². The second-order valence-corrected chi connectivity index (χ2v) is 19.9. The van der Waals surface area contributed by atoms with Crippen molar-refractivity contribution in [2.75, 3.05) is 51.8 Å². The van der Waals surface area contributed by atoms with Crippen LogP contribution < -0.4 is 43.4 Å². The molecule has 1 aliphatic carbocycles. The predicted octanol–water partition coefficient (Wildman–Crippen LogP) is 1.61. The van der Waals surface area contributed by atoms with Gasteiger partial charge in [0, 0.05) is 62.5 Å². The van der Waals surface area contributed by atoms with Crippen molar-refractivity contribution >= 4 is 64.9 Å².